The minimum atomic E-state index is 0.976. The lowest BCUT2D eigenvalue weighted by molar-refractivity contribution is 1.15. The third kappa shape index (κ3) is 1.72. The van der Waals surface area contributed by atoms with Crippen LogP contribution in [0.1, 0.15) is 16.8 Å². The van der Waals surface area contributed by atoms with Gasteiger partial charge in [0.1, 0.15) is 0 Å². The predicted octanol–water partition coefficient (Wildman–Crippen LogP) is 6.42. The molecule has 0 saturated carbocycles. The molecule has 1 aliphatic carbocycles. The Morgan fingerprint density at radius 2 is 1.42 bits per heavy atom. The molecule has 0 amide bonds. The van der Waals surface area contributed by atoms with E-state index in [9.17, 15) is 0 Å². The van der Waals surface area contributed by atoms with E-state index in [-0.39, 0.29) is 0 Å². The molecule has 0 atom stereocenters. The number of fused-ring (bicyclic) bond motifs is 9. The van der Waals surface area contributed by atoms with Crippen LogP contribution in [0.25, 0.3) is 43.6 Å². The Hall–Kier alpha value is -3.19. The van der Waals surface area contributed by atoms with Gasteiger partial charge in [0.25, 0.3) is 0 Å². The van der Waals surface area contributed by atoms with Gasteiger partial charge < -0.3 is 0 Å². The van der Waals surface area contributed by atoms with E-state index in [1.165, 1.54) is 49.2 Å². The monoisotopic (exact) mass is 331 g/mol. The predicted molar refractivity (Wildman–Crippen MR) is 110 cm³/mol. The molecule has 0 saturated heterocycles. The first-order valence-corrected chi connectivity index (χ1v) is 9.13. The Balaban J connectivity index is 1.75. The molecule has 6 rings (SSSR count). The molecule has 5 aromatic rings. The summed E-state index contributed by atoms with van der Waals surface area (Å²) in [4.78, 5) is 4.86. The molecule has 1 aliphatic rings. The van der Waals surface area contributed by atoms with Crippen molar-refractivity contribution in [2.45, 2.75) is 13.3 Å². The van der Waals surface area contributed by atoms with Gasteiger partial charge in [-0.05, 0) is 56.8 Å². The average molecular weight is 331 g/mol. The normalized spacial score (nSPS) is 12.7. The van der Waals surface area contributed by atoms with Crippen LogP contribution in [-0.4, -0.2) is 4.98 Å². The lowest BCUT2D eigenvalue weighted by Gasteiger charge is -2.10. The summed E-state index contributed by atoms with van der Waals surface area (Å²) < 4.78 is 0. The molecule has 26 heavy (non-hydrogen) atoms. The molecule has 0 spiro atoms. The molecule has 0 fully saturated rings. The molecule has 1 aromatic heterocycles. The highest BCUT2D eigenvalue weighted by molar-refractivity contribution is 6.12. The van der Waals surface area contributed by atoms with E-state index in [4.69, 9.17) is 4.98 Å². The maximum atomic E-state index is 4.86. The minimum absolute atomic E-state index is 0.976. The molecule has 0 unspecified atom stereocenters. The van der Waals surface area contributed by atoms with Gasteiger partial charge in [0.05, 0.1) is 5.52 Å². The second kappa shape index (κ2) is 4.92. The zero-order chi connectivity index (χ0) is 17.3. The van der Waals surface area contributed by atoms with E-state index in [1.807, 2.05) is 0 Å². The maximum Gasteiger partial charge on any atom is 0.0711 e. The summed E-state index contributed by atoms with van der Waals surface area (Å²) in [6.07, 6.45) is 0.976. The first-order chi connectivity index (χ1) is 12.8. The van der Waals surface area contributed by atoms with Crippen molar-refractivity contribution in [3.63, 3.8) is 0 Å². The van der Waals surface area contributed by atoms with Crippen molar-refractivity contribution < 1.29 is 0 Å². The van der Waals surface area contributed by atoms with E-state index < -0.39 is 0 Å². The number of para-hydroxylation sites is 1. The van der Waals surface area contributed by atoms with Crippen molar-refractivity contribution >= 4 is 32.4 Å². The molecule has 0 bridgehead atoms. The Bertz CT molecular complexity index is 1360. The highest BCUT2D eigenvalue weighted by atomic mass is 14.7. The number of aryl methyl sites for hydroxylation is 1. The van der Waals surface area contributed by atoms with Gasteiger partial charge in [-0.1, -0.05) is 66.7 Å². The summed E-state index contributed by atoms with van der Waals surface area (Å²) in [6, 6.07) is 26.4. The quantitative estimate of drug-likeness (QED) is 0.293. The van der Waals surface area contributed by atoms with Gasteiger partial charge in [0, 0.05) is 17.5 Å². The van der Waals surface area contributed by atoms with Gasteiger partial charge in [0.15, 0.2) is 0 Å². The topological polar surface area (TPSA) is 12.9 Å². The largest absolute Gasteiger partial charge is 0.253 e. The first-order valence-electron chi connectivity index (χ1n) is 9.13. The molecule has 0 radical (unpaired) electrons. The molecule has 1 heterocycles. The van der Waals surface area contributed by atoms with Crippen molar-refractivity contribution in [2.24, 2.45) is 0 Å². The number of benzene rings is 4. The van der Waals surface area contributed by atoms with Crippen LogP contribution in [0.5, 0.6) is 0 Å². The van der Waals surface area contributed by atoms with Crippen LogP contribution in [0.4, 0.5) is 0 Å². The van der Waals surface area contributed by atoms with Crippen LogP contribution in [-0.2, 0) is 6.42 Å². The molecular formula is C25H17N. The van der Waals surface area contributed by atoms with Crippen LogP contribution in [0, 0.1) is 6.92 Å². The van der Waals surface area contributed by atoms with Crippen LogP contribution in [0.3, 0.4) is 0 Å². The lowest BCUT2D eigenvalue weighted by Crippen LogP contribution is -1.92. The van der Waals surface area contributed by atoms with Gasteiger partial charge in [-0.3, -0.25) is 4.98 Å². The summed E-state index contributed by atoms with van der Waals surface area (Å²) in [5, 5.41) is 6.64. The SMILES string of the molecule is Cc1nc2ccccc2c2c1Cc1c-2ccc2c1ccc1ccccc12. The van der Waals surface area contributed by atoms with Crippen molar-refractivity contribution in [1.29, 1.82) is 0 Å². The fourth-order valence-electron chi connectivity index (χ4n) is 4.65. The van der Waals surface area contributed by atoms with E-state index in [0.717, 1.165) is 17.6 Å². The average Bonchev–Trinajstić information content (AvgIpc) is 3.09. The van der Waals surface area contributed by atoms with Crippen molar-refractivity contribution in [2.75, 3.05) is 0 Å². The molecular weight excluding hydrogens is 314 g/mol. The van der Waals surface area contributed by atoms with Crippen molar-refractivity contribution in [3.05, 3.63) is 89.6 Å². The highest BCUT2D eigenvalue weighted by Crippen LogP contribution is 2.45. The van der Waals surface area contributed by atoms with Gasteiger partial charge in [0.2, 0.25) is 0 Å². The Morgan fingerprint density at radius 3 is 2.35 bits per heavy atom. The summed E-state index contributed by atoms with van der Waals surface area (Å²) in [5.41, 5.74) is 7.85. The van der Waals surface area contributed by atoms with Crippen LogP contribution in [0.2, 0.25) is 0 Å². The van der Waals surface area contributed by atoms with Gasteiger partial charge >= 0.3 is 0 Å². The number of rotatable bonds is 0. The lowest BCUT2D eigenvalue weighted by atomic mass is 9.94. The molecule has 1 nitrogen and oxygen atoms in total. The van der Waals surface area contributed by atoms with Crippen LogP contribution >= 0.6 is 0 Å². The molecule has 0 aliphatic heterocycles. The Labute approximate surface area is 151 Å². The zero-order valence-corrected chi connectivity index (χ0v) is 14.6. The number of nitrogens with zero attached hydrogens (tertiary/aromatic N) is 1. The number of aromatic nitrogens is 1. The summed E-state index contributed by atoms with van der Waals surface area (Å²) in [6.45, 7) is 2.15. The maximum absolute atomic E-state index is 4.86. The Kier molecular flexibility index (Phi) is 2.66. The second-order valence-electron chi connectivity index (χ2n) is 7.22. The van der Waals surface area contributed by atoms with Crippen molar-refractivity contribution in [1.82, 2.24) is 4.98 Å². The molecule has 0 N–H and O–H groups in total. The third-order valence-corrected chi connectivity index (χ3v) is 5.86. The van der Waals surface area contributed by atoms with E-state index in [2.05, 4.69) is 79.7 Å². The molecule has 4 aromatic carbocycles. The van der Waals surface area contributed by atoms with Gasteiger partial charge in [-0.2, -0.15) is 0 Å². The van der Waals surface area contributed by atoms with E-state index in [0.29, 0.717) is 0 Å². The number of pyridine rings is 1. The summed E-state index contributed by atoms with van der Waals surface area (Å²) in [5.74, 6) is 0. The first kappa shape index (κ1) is 14.0. The summed E-state index contributed by atoms with van der Waals surface area (Å²) in [7, 11) is 0. The van der Waals surface area contributed by atoms with E-state index >= 15 is 0 Å². The zero-order valence-electron chi connectivity index (χ0n) is 14.6. The smallest absolute Gasteiger partial charge is 0.0711 e. The standard InChI is InChI=1S/C25H17N/c1-15-22-14-23-19-11-10-16-6-2-3-7-17(16)18(19)12-13-20(23)25(22)21-8-4-5-9-24(21)26-15/h2-13H,14H2,1H3. The summed E-state index contributed by atoms with van der Waals surface area (Å²) >= 11 is 0. The molecule has 1 heteroatoms. The van der Waals surface area contributed by atoms with Gasteiger partial charge in [-0.25, -0.2) is 0 Å². The Morgan fingerprint density at radius 1 is 0.654 bits per heavy atom. The van der Waals surface area contributed by atoms with Crippen LogP contribution in [0.15, 0.2) is 72.8 Å². The van der Waals surface area contributed by atoms with Crippen molar-refractivity contribution in [3.8, 4) is 11.1 Å². The number of hydrogen-bond acceptors (Lipinski definition) is 1. The highest BCUT2D eigenvalue weighted by Gasteiger charge is 2.25. The van der Waals surface area contributed by atoms with Gasteiger partial charge in [-0.15, -0.1) is 0 Å². The fraction of sp³-hybridized carbons (Fsp3) is 0.0800. The van der Waals surface area contributed by atoms with Crippen LogP contribution < -0.4 is 0 Å². The number of hydrogen-bond donors (Lipinski definition) is 0. The van der Waals surface area contributed by atoms with E-state index in [1.54, 1.807) is 0 Å². The minimum Gasteiger partial charge on any atom is -0.253 e. The third-order valence-electron chi connectivity index (χ3n) is 5.86. The second-order valence-corrected chi connectivity index (χ2v) is 7.22. The molecule has 122 valence electrons. The fourth-order valence-corrected chi connectivity index (χ4v) is 4.65.